The zero-order valence-electron chi connectivity index (χ0n) is 18.2. The van der Waals surface area contributed by atoms with Gasteiger partial charge in [-0.1, -0.05) is 12.1 Å². The van der Waals surface area contributed by atoms with E-state index in [9.17, 15) is 22.0 Å². The number of nitrogens with two attached hydrogens (primary N) is 1. The number of pyridine rings is 2. The van der Waals surface area contributed by atoms with Crippen LogP contribution in [0.15, 0.2) is 65.7 Å². The summed E-state index contributed by atoms with van der Waals surface area (Å²) in [5, 5.41) is 9.46. The highest BCUT2D eigenvalue weighted by Crippen LogP contribution is 2.30. The van der Waals surface area contributed by atoms with Crippen molar-refractivity contribution in [2.75, 3.05) is 16.9 Å². The molecule has 4 rings (SSSR count). The highest BCUT2D eigenvalue weighted by molar-refractivity contribution is 7.90. The molecule has 0 aliphatic carbocycles. The molecule has 2 aromatic heterocycles. The predicted molar refractivity (Wildman–Crippen MR) is 125 cm³/mol. The average molecular weight is 493 g/mol. The molecule has 0 radical (unpaired) electrons. The Labute approximate surface area is 199 Å². The minimum Gasteiger partial charge on any atom is -0.381 e. The minimum atomic E-state index is -3.93. The lowest BCUT2D eigenvalue weighted by Gasteiger charge is -2.25. The zero-order chi connectivity index (χ0) is 25.3. The van der Waals surface area contributed by atoms with Gasteiger partial charge in [0.1, 0.15) is 17.6 Å². The first-order valence-electron chi connectivity index (χ1n) is 10.1. The van der Waals surface area contributed by atoms with Crippen LogP contribution < -0.4 is 10.6 Å². The Balaban J connectivity index is 1.85. The predicted octanol–water partition coefficient (Wildman–Crippen LogP) is 3.61. The van der Waals surface area contributed by atoms with Gasteiger partial charge in [0.2, 0.25) is 0 Å². The van der Waals surface area contributed by atoms with Crippen molar-refractivity contribution in [3.63, 3.8) is 0 Å². The number of nitriles is 1. The average Bonchev–Trinajstić information content (AvgIpc) is 2.82. The first-order chi connectivity index (χ1) is 16.6. The molecule has 0 fully saturated rings. The van der Waals surface area contributed by atoms with Gasteiger partial charge >= 0.3 is 0 Å². The first kappa shape index (κ1) is 23.7. The SMILES string of the molecule is CS(=O)(=O)c1cc(F)ccc1N(Cc1ccc2cc(F)c(N)nc2c1)C(=O)c1ccc(C#N)nc1. The molecule has 35 heavy (non-hydrogen) atoms. The molecular formula is C24H17F2N5O3S. The van der Waals surface area contributed by atoms with Gasteiger partial charge in [-0.25, -0.2) is 27.2 Å². The van der Waals surface area contributed by atoms with Crippen molar-refractivity contribution < 1.29 is 22.0 Å². The molecule has 0 atom stereocenters. The van der Waals surface area contributed by atoms with Gasteiger partial charge in [-0.3, -0.25) is 4.79 Å². The normalized spacial score (nSPS) is 11.3. The van der Waals surface area contributed by atoms with Crippen molar-refractivity contribution in [3.8, 4) is 6.07 Å². The van der Waals surface area contributed by atoms with Crippen molar-refractivity contribution in [3.05, 3.63) is 89.2 Å². The molecule has 11 heteroatoms. The summed E-state index contributed by atoms with van der Waals surface area (Å²) in [5.74, 6) is -2.37. The maximum absolute atomic E-state index is 14.0. The smallest absolute Gasteiger partial charge is 0.260 e. The van der Waals surface area contributed by atoms with Crippen molar-refractivity contribution in [2.24, 2.45) is 0 Å². The van der Waals surface area contributed by atoms with Gasteiger partial charge in [-0.2, -0.15) is 5.26 Å². The van der Waals surface area contributed by atoms with Crippen LogP contribution in [0.1, 0.15) is 21.6 Å². The fourth-order valence-corrected chi connectivity index (χ4v) is 4.38. The number of anilines is 2. The number of rotatable bonds is 5. The summed E-state index contributed by atoms with van der Waals surface area (Å²) in [6.45, 7) is -0.137. The van der Waals surface area contributed by atoms with E-state index >= 15 is 0 Å². The highest BCUT2D eigenvalue weighted by Gasteiger charge is 2.25. The molecule has 0 aliphatic rings. The van der Waals surface area contributed by atoms with E-state index in [1.165, 1.54) is 30.5 Å². The third-order valence-electron chi connectivity index (χ3n) is 5.19. The summed E-state index contributed by atoms with van der Waals surface area (Å²) >= 11 is 0. The van der Waals surface area contributed by atoms with Gasteiger partial charge in [0.25, 0.3) is 5.91 Å². The van der Waals surface area contributed by atoms with Gasteiger partial charge < -0.3 is 10.6 Å². The molecule has 0 bridgehead atoms. The number of halogens is 2. The highest BCUT2D eigenvalue weighted by atomic mass is 32.2. The molecule has 0 spiro atoms. The number of hydrogen-bond acceptors (Lipinski definition) is 7. The number of fused-ring (bicyclic) bond motifs is 1. The van der Waals surface area contributed by atoms with Crippen LogP contribution in [-0.2, 0) is 16.4 Å². The summed E-state index contributed by atoms with van der Waals surface area (Å²) in [5.41, 5.74) is 6.60. The van der Waals surface area contributed by atoms with E-state index in [0.29, 0.717) is 16.5 Å². The molecular weight excluding hydrogens is 476 g/mol. The molecule has 0 saturated carbocycles. The number of nitrogens with zero attached hydrogens (tertiary/aromatic N) is 4. The Morgan fingerprint density at radius 2 is 1.89 bits per heavy atom. The van der Waals surface area contributed by atoms with E-state index in [1.54, 1.807) is 18.2 Å². The second-order valence-electron chi connectivity index (χ2n) is 7.70. The summed E-state index contributed by atoms with van der Waals surface area (Å²) < 4.78 is 52.6. The maximum Gasteiger partial charge on any atom is 0.260 e. The monoisotopic (exact) mass is 493 g/mol. The fourth-order valence-electron chi connectivity index (χ4n) is 3.50. The summed E-state index contributed by atoms with van der Waals surface area (Å²) in [6.07, 6.45) is 2.11. The van der Waals surface area contributed by atoms with Gasteiger partial charge in [0.15, 0.2) is 21.5 Å². The molecule has 2 aromatic carbocycles. The molecule has 0 aliphatic heterocycles. The number of nitrogen functional groups attached to an aromatic ring is 1. The summed E-state index contributed by atoms with van der Waals surface area (Å²) in [4.78, 5) is 22.2. The standard InChI is InChI=1S/C24H17F2N5O3S/c1-35(33,34)22-10-17(25)5-7-21(22)31(24(32)16-4-6-18(11-27)29-12-16)13-14-2-3-15-9-19(26)23(28)30-20(15)8-14/h2-10,12H,13H2,1H3,(H2,28,30). The van der Waals surface area contributed by atoms with E-state index in [0.717, 1.165) is 23.3 Å². The van der Waals surface area contributed by atoms with Crippen molar-refractivity contribution >= 4 is 38.2 Å². The lowest BCUT2D eigenvalue weighted by atomic mass is 10.1. The number of carbonyl (C=O) groups is 1. The number of aromatic nitrogens is 2. The Hall–Kier alpha value is -4.43. The third kappa shape index (κ3) is 4.92. The van der Waals surface area contributed by atoms with Gasteiger partial charge in [-0.15, -0.1) is 0 Å². The molecule has 176 valence electrons. The lowest BCUT2D eigenvalue weighted by molar-refractivity contribution is 0.0984. The molecule has 1 amide bonds. The first-order valence-corrected chi connectivity index (χ1v) is 12.0. The third-order valence-corrected chi connectivity index (χ3v) is 6.31. The number of sulfone groups is 1. The number of carbonyl (C=O) groups excluding carboxylic acids is 1. The van der Waals surface area contributed by atoms with Gasteiger partial charge in [0.05, 0.1) is 28.2 Å². The van der Waals surface area contributed by atoms with E-state index in [1.807, 2.05) is 6.07 Å². The van der Waals surface area contributed by atoms with Crippen LogP contribution in [0.2, 0.25) is 0 Å². The second kappa shape index (κ2) is 9.08. The van der Waals surface area contributed by atoms with Gasteiger partial charge in [-0.05, 0) is 48.0 Å². The van der Waals surface area contributed by atoms with Crippen LogP contribution >= 0.6 is 0 Å². The quantitative estimate of drug-likeness (QED) is 0.449. The minimum absolute atomic E-state index is 0.0464. The Bertz CT molecular complexity index is 1620. The molecule has 8 nitrogen and oxygen atoms in total. The van der Waals surface area contributed by atoms with Crippen molar-refractivity contribution in [1.29, 1.82) is 5.26 Å². The van der Waals surface area contributed by atoms with Crippen LogP contribution in [0.3, 0.4) is 0 Å². The topological polar surface area (TPSA) is 130 Å². The Kier molecular flexibility index (Phi) is 6.15. The molecule has 4 aromatic rings. The fraction of sp³-hybridized carbons (Fsp3) is 0.0833. The summed E-state index contributed by atoms with van der Waals surface area (Å²) in [7, 11) is -3.93. The van der Waals surface area contributed by atoms with Crippen LogP contribution in [0, 0.1) is 23.0 Å². The largest absolute Gasteiger partial charge is 0.381 e. The van der Waals surface area contributed by atoms with Crippen LogP contribution in [0.5, 0.6) is 0 Å². The molecule has 2 N–H and O–H groups in total. The van der Waals surface area contributed by atoms with E-state index in [-0.39, 0.29) is 34.2 Å². The Morgan fingerprint density at radius 3 is 2.54 bits per heavy atom. The van der Waals surface area contributed by atoms with Crippen LogP contribution in [0.4, 0.5) is 20.3 Å². The van der Waals surface area contributed by atoms with Crippen molar-refractivity contribution in [2.45, 2.75) is 11.4 Å². The van der Waals surface area contributed by atoms with Crippen LogP contribution in [0.25, 0.3) is 10.9 Å². The zero-order valence-corrected chi connectivity index (χ0v) is 19.1. The molecule has 0 unspecified atom stereocenters. The Morgan fingerprint density at radius 1 is 1.11 bits per heavy atom. The summed E-state index contributed by atoms with van der Waals surface area (Å²) in [6, 6.07) is 13.7. The van der Waals surface area contributed by atoms with Gasteiger partial charge in [0, 0.05) is 17.8 Å². The number of benzene rings is 2. The van der Waals surface area contributed by atoms with E-state index in [2.05, 4.69) is 9.97 Å². The number of amides is 1. The van der Waals surface area contributed by atoms with Crippen molar-refractivity contribution in [1.82, 2.24) is 9.97 Å². The molecule has 0 saturated heterocycles. The van der Waals surface area contributed by atoms with E-state index < -0.39 is 27.4 Å². The number of hydrogen-bond donors (Lipinski definition) is 1. The second-order valence-corrected chi connectivity index (χ2v) is 9.69. The van der Waals surface area contributed by atoms with E-state index in [4.69, 9.17) is 11.0 Å². The maximum atomic E-state index is 14.0. The molecule has 2 heterocycles. The lowest BCUT2D eigenvalue weighted by Crippen LogP contribution is -2.32. The van der Waals surface area contributed by atoms with Crippen LogP contribution in [-0.4, -0.2) is 30.5 Å².